The number of benzene rings is 1. The first-order valence-corrected chi connectivity index (χ1v) is 6.50. The largest absolute Gasteiger partial charge is 0.455 e. The summed E-state index contributed by atoms with van der Waals surface area (Å²) < 4.78 is 64.6. The van der Waals surface area contributed by atoms with Crippen molar-refractivity contribution in [2.45, 2.75) is 44.8 Å². The summed E-state index contributed by atoms with van der Waals surface area (Å²) in [6, 6.07) is 3.78. The maximum absolute atomic E-state index is 13.5. The van der Waals surface area contributed by atoms with Crippen LogP contribution in [0.2, 0.25) is 0 Å². The Morgan fingerprint density at radius 2 is 1.55 bits per heavy atom. The smallest absolute Gasteiger partial charge is 0.305 e. The van der Waals surface area contributed by atoms with Gasteiger partial charge in [-0.25, -0.2) is 0 Å². The molecule has 0 aromatic heterocycles. The van der Waals surface area contributed by atoms with Crippen LogP contribution >= 0.6 is 0 Å². The van der Waals surface area contributed by atoms with Gasteiger partial charge in [0.2, 0.25) is 0 Å². The molecule has 0 bridgehead atoms. The molecule has 1 nitrogen and oxygen atoms in total. The molecule has 1 unspecified atom stereocenters. The molecule has 0 saturated carbocycles. The van der Waals surface area contributed by atoms with Gasteiger partial charge in [-0.15, -0.1) is 0 Å². The molecule has 1 rings (SSSR count). The average Bonchev–Trinajstić information content (AvgIpc) is 2.36. The molecule has 0 spiro atoms. The lowest BCUT2D eigenvalue weighted by molar-refractivity contribution is -0.294. The maximum atomic E-state index is 13.5. The predicted octanol–water partition coefficient (Wildman–Crippen LogP) is 4.49. The first-order valence-electron chi connectivity index (χ1n) is 6.50. The summed E-state index contributed by atoms with van der Waals surface area (Å²) in [5.41, 5.74) is 0.857. The summed E-state index contributed by atoms with van der Waals surface area (Å²) in [5, 5.41) is 2.23. The Morgan fingerprint density at radius 3 is 1.95 bits per heavy atom. The van der Waals surface area contributed by atoms with Crippen molar-refractivity contribution in [2.24, 2.45) is 0 Å². The molecule has 20 heavy (non-hydrogen) atoms. The van der Waals surface area contributed by atoms with Crippen molar-refractivity contribution in [3.05, 3.63) is 35.4 Å². The number of hydrogen-bond acceptors (Lipinski definition) is 1. The van der Waals surface area contributed by atoms with Crippen LogP contribution in [0.25, 0.3) is 0 Å². The maximum Gasteiger partial charge on any atom is 0.455 e. The minimum Gasteiger partial charge on any atom is -0.305 e. The summed E-state index contributed by atoms with van der Waals surface area (Å²) in [6.07, 6.45) is -3.93. The van der Waals surface area contributed by atoms with Crippen LogP contribution in [0.3, 0.4) is 0 Å². The molecule has 0 amide bonds. The quantitative estimate of drug-likeness (QED) is 0.763. The van der Waals surface area contributed by atoms with E-state index in [1.807, 2.05) is 6.92 Å². The minimum absolute atomic E-state index is 0.0209. The molecule has 1 aromatic carbocycles. The zero-order chi connectivity index (χ0) is 15.4. The lowest BCUT2D eigenvalue weighted by Gasteiger charge is -2.29. The Hall–Kier alpha value is -1.17. The molecule has 1 aromatic rings. The second-order valence-electron chi connectivity index (χ2n) is 4.60. The van der Waals surface area contributed by atoms with E-state index < -0.39 is 18.1 Å². The summed E-state index contributed by atoms with van der Waals surface area (Å²) in [5.74, 6) is -4.81. The van der Waals surface area contributed by atoms with E-state index in [1.54, 1.807) is 12.1 Å². The third-order valence-electron chi connectivity index (χ3n) is 3.00. The third-order valence-corrected chi connectivity index (χ3v) is 3.00. The lowest BCUT2D eigenvalue weighted by atomic mass is 9.97. The third kappa shape index (κ3) is 3.69. The van der Waals surface area contributed by atoms with Crippen LogP contribution in [0.4, 0.5) is 22.0 Å². The van der Waals surface area contributed by atoms with E-state index >= 15 is 0 Å². The standard InChI is InChI=1S/C14H18F5N/c1-3-5-10-6-8-11(9-7-10)12(20-4-2)13(15,16)14(17,18)19/h6-9,12,20H,3-5H2,1-2H3. The Morgan fingerprint density at radius 1 is 1.00 bits per heavy atom. The molecule has 6 heteroatoms. The highest BCUT2D eigenvalue weighted by molar-refractivity contribution is 5.27. The highest BCUT2D eigenvalue weighted by atomic mass is 19.4. The zero-order valence-electron chi connectivity index (χ0n) is 11.4. The molecular weight excluding hydrogens is 277 g/mol. The van der Waals surface area contributed by atoms with Gasteiger partial charge in [0, 0.05) is 0 Å². The molecule has 0 aliphatic heterocycles. The van der Waals surface area contributed by atoms with Gasteiger partial charge in [-0.1, -0.05) is 44.5 Å². The normalized spacial score (nSPS) is 14.3. The zero-order valence-corrected chi connectivity index (χ0v) is 11.4. The fourth-order valence-corrected chi connectivity index (χ4v) is 1.99. The van der Waals surface area contributed by atoms with Gasteiger partial charge in [-0.05, 0) is 24.1 Å². The molecule has 0 aliphatic carbocycles. The van der Waals surface area contributed by atoms with Crippen molar-refractivity contribution < 1.29 is 22.0 Å². The summed E-state index contributed by atoms with van der Waals surface area (Å²) >= 11 is 0. The molecule has 0 fully saturated rings. The first kappa shape index (κ1) is 16.9. The van der Waals surface area contributed by atoms with Gasteiger partial charge in [0.1, 0.15) is 6.04 Å². The van der Waals surface area contributed by atoms with E-state index in [-0.39, 0.29) is 12.1 Å². The summed E-state index contributed by atoms with van der Waals surface area (Å²) in [4.78, 5) is 0. The molecule has 114 valence electrons. The van der Waals surface area contributed by atoms with E-state index in [4.69, 9.17) is 0 Å². The van der Waals surface area contributed by atoms with E-state index in [0.29, 0.717) is 0 Å². The highest BCUT2D eigenvalue weighted by Gasteiger charge is 2.62. The van der Waals surface area contributed by atoms with E-state index in [1.165, 1.54) is 19.1 Å². The number of nitrogens with one attached hydrogen (secondary N) is 1. The number of hydrogen-bond donors (Lipinski definition) is 1. The predicted molar refractivity (Wildman–Crippen MR) is 67.9 cm³/mol. The molecule has 0 heterocycles. The van der Waals surface area contributed by atoms with Gasteiger partial charge in [0.15, 0.2) is 0 Å². The van der Waals surface area contributed by atoms with Gasteiger partial charge in [-0.3, -0.25) is 0 Å². The molecule has 1 N–H and O–H groups in total. The van der Waals surface area contributed by atoms with Gasteiger partial charge in [-0.2, -0.15) is 22.0 Å². The summed E-state index contributed by atoms with van der Waals surface area (Å²) in [6.45, 7) is 3.48. The first-order chi connectivity index (χ1) is 9.24. The fraction of sp³-hybridized carbons (Fsp3) is 0.571. The van der Waals surface area contributed by atoms with Crippen LogP contribution in [0, 0.1) is 0 Å². The Labute approximate surface area is 115 Å². The second-order valence-corrected chi connectivity index (χ2v) is 4.60. The molecule has 1 atom stereocenters. The monoisotopic (exact) mass is 295 g/mol. The topological polar surface area (TPSA) is 12.0 Å². The molecular formula is C14H18F5N. The number of alkyl halides is 5. The van der Waals surface area contributed by atoms with Crippen LogP contribution < -0.4 is 5.32 Å². The number of rotatable bonds is 6. The fourth-order valence-electron chi connectivity index (χ4n) is 1.99. The van der Waals surface area contributed by atoms with Gasteiger partial charge in [0.25, 0.3) is 0 Å². The van der Waals surface area contributed by atoms with Crippen molar-refractivity contribution in [3.8, 4) is 0 Å². The SMILES string of the molecule is CCCc1ccc(C(NCC)C(F)(F)C(F)(F)F)cc1. The van der Waals surface area contributed by atoms with Gasteiger partial charge >= 0.3 is 12.1 Å². The van der Waals surface area contributed by atoms with E-state index in [0.717, 1.165) is 18.4 Å². The van der Waals surface area contributed by atoms with Crippen molar-refractivity contribution in [1.29, 1.82) is 0 Å². The lowest BCUT2D eigenvalue weighted by Crippen LogP contribution is -2.48. The van der Waals surface area contributed by atoms with Crippen molar-refractivity contribution >= 4 is 0 Å². The summed E-state index contributed by atoms with van der Waals surface area (Å²) in [7, 11) is 0. The van der Waals surface area contributed by atoms with Crippen LogP contribution in [0.15, 0.2) is 24.3 Å². The Balaban J connectivity index is 3.07. The minimum atomic E-state index is -5.58. The average molecular weight is 295 g/mol. The van der Waals surface area contributed by atoms with Crippen molar-refractivity contribution in [2.75, 3.05) is 6.54 Å². The Kier molecular flexibility index (Phi) is 5.50. The van der Waals surface area contributed by atoms with Crippen LogP contribution in [0.1, 0.15) is 37.4 Å². The van der Waals surface area contributed by atoms with Crippen LogP contribution in [-0.2, 0) is 6.42 Å². The van der Waals surface area contributed by atoms with Crippen LogP contribution in [0.5, 0.6) is 0 Å². The number of aryl methyl sites for hydroxylation is 1. The van der Waals surface area contributed by atoms with E-state index in [2.05, 4.69) is 5.32 Å². The van der Waals surface area contributed by atoms with Gasteiger partial charge < -0.3 is 5.32 Å². The van der Waals surface area contributed by atoms with Gasteiger partial charge in [0.05, 0.1) is 0 Å². The highest BCUT2D eigenvalue weighted by Crippen LogP contribution is 2.44. The molecule has 0 saturated heterocycles. The van der Waals surface area contributed by atoms with E-state index in [9.17, 15) is 22.0 Å². The van der Waals surface area contributed by atoms with Crippen LogP contribution in [-0.4, -0.2) is 18.6 Å². The number of halogens is 5. The van der Waals surface area contributed by atoms with Crippen molar-refractivity contribution in [3.63, 3.8) is 0 Å². The molecule has 0 aliphatic rings. The second kappa shape index (κ2) is 6.52. The Bertz CT molecular complexity index is 411. The molecule has 0 radical (unpaired) electrons. The van der Waals surface area contributed by atoms with Crippen molar-refractivity contribution in [1.82, 2.24) is 5.32 Å².